The van der Waals surface area contributed by atoms with Crippen molar-refractivity contribution in [2.45, 2.75) is 24.8 Å². The van der Waals surface area contributed by atoms with E-state index in [1.54, 1.807) is 25.3 Å². The first-order valence-corrected chi connectivity index (χ1v) is 9.47. The SMILES string of the molecule is Cc1noc(C)c1S(=O)(=O)NCC(O)c1cc(-c2ccco2)cs1. The van der Waals surface area contributed by atoms with Gasteiger partial charge in [0.1, 0.15) is 22.5 Å². The normalized spacial score (nSPS) is 13.3. The molecular weight excluding hydrogens is 352 g/mol. The first-order valence-electron chi connectivity index (χ1n) is 7.11. The van der Waals surface area contributed by atoms with Crippen LogP contribution in [-0.4, -0.2) is 25.2 Å². The molecule has 3 aromatic rings. The third-order valence-electron chi connectivity index (χ3n) is 3.46. The van der Waals surface area contributed by atoms with Gasteiger partial charge in [-0.3, -0.25) is 0 Å². The van der Waals surface area contributed by atoms with Gasteiger partial charge in [0.25, 0.3) is 0 Å². The summed E-state index contributed by atoms with van der Waals surface area (Å²) < 4.78 is 37.2. The fraction of sp³-hybridized carbons (Fsp3) is 0.267. The van der Waals surface area contributed by atoms with E-state index >= 15 is 0 Å². The van der Waals surface area contributed by atoms with E-state index in [0.717, 1.165) is 5.56 Å². The van der Waals surface area contributed by atoms with Gasteiger partial charge in [0.2, 0.25) is 10.0 Å². The van der Waals surface area contributed by atoms with Gasteiger partial charge in [-0.1, -0.05) is 5.16 Å². The monoisotopic (exact) mass is 368 g/mol. The van der Waals surface area contributed by atoms with Crippen molar-refractivity contribution in [3.8, 4) is 11.3 Å². The smallest absolute Gasteiger partial charge is 0.246 e. The first kappa shape index (κ1) is 16.9. The number of nitrogens with one attached hydrogen (secondary N) is 1. The number of nitrogens with zero attached hydrogens (tertiary/aromatic N) is 1. The number of rotatable bonds is 6. The maximum Gasteiger partial charge on any atom is 0.246 e. The third-order valence-corrected chi connectivity index (χ3v) is 6.16. The summed E-state index contributed by atoms with van der Waals surface area (Å²) in [5.41, 5.74) is 1.12. The molecular formula is C15H16N2O5S2. The van der Waals surface area contributed by atoms with Crippen LogP contribution in [0.15, 0.2) is 43.7 Å². The van der Waals surface area contributed by atoms with E-state index in [-0.39, 0.29) is 22.9 Å². The van der Waals surface area contributed by atoms with Crippen LogP contribution >= 0.6 is 11.3 Å². The summed E-state index contributed by atoms with van der Waals surface area (Å²) in [5.74, 6) is 0.909. The van der Waals surface area contributed by atoms with Crippen molar-refractivity contribution in [1.29, 1.82) is 0 Å². The van der Waals surface area contributed by atoms with Gasteiger partial charge in [-0.25, -0.2) is 13.1 Å². The molecule has 2 N–H and O–H groups in total. The van der Waals surface area contributed by atoms with Gasteiger partial charge in [-0.2, -0.15) is 0 Å². The van der Waals surface area contributed by atoms with Gasteiger partial charge < -0.3 is 14.0 Å². The molecule has 3 rings (SSSR count). The van der Waals surface area contributed by atoms with Crippen molar-refractivity contribution in [3.05, 3.63) is 46.2 Å². The second kappa shape index (κ2) is 6.52. The molecule has 1 unspecified atom stereocenters. The van der Waals surface area contributed by atoms with Gasteiger partial charge in [0, 0.05) is 22.4 Å². The van der Waals surface area contributed by atoms with E-state index in [0.29, 0.717) is 10.6 Å². The van der Waals surface area contributed by atoms with Gasteiger partial charge in [-0.05, 0) is 32.0 Å². The molecule has 0 fully saturated rings. The van der Waals surface area contributed by atoms with Gasteiger partial charge >= 0.3 is 0 Å². The number of hydrogen-bond acceptors (Lipinski definition) is 7. The van der Waals surface area contributed by atoms with E-state index in [9.17, 15) is 13.5 Å². The lowest BCUT2D eigenvalue weighted by molar-refractivity contribution is 0.186. The summed E-state index contributed by atoms with van der Waals surface area (Å²) in [4.78, 5) is 0.653. The second-order valence-electron chi connectivity index (χ2n) is 5.24. The van der Waals surface area contributed by atoms with E-state index in [1.807, 2.05) is 11.4 Å². The lowest BCUT2D eigenvalue weighted by Crippen LogP contribution is -2.29. The summed E-state index contributed by atoms with van der Waals surface area (Å²) in [6, 6.07) is 5.37. The highest BCUT2D eigenvalue weighted by Crippen LogP contribution is 2.29. The molecule has 7 nitrogen and oxygen atoms in total. The van der Waals surface area contributed by atoms with Gasteiger partial charge in [0.05, 0.1) is 6.26 Å². The van der Waals surface area contributed by atoms with Crippen molar-refractivity contribution in [2.24, 2.45) is 0 Å². The number of aryl methyl sites for hydroxylation is 2. The van der Waals surface area contributed by atoms with Gasteiger partial charge in [-0.15, -0.1) is 11.3 Å². The number of sulfonamides is 1. The number of thiophene rings is 1. The first-order chi connectivity index (χ1) is 11.4. The Morgan fingerprint density at radius 1 is 1.42 bits per heavy atom. The molecule has 128 valence electrons. The Hall–Kier alpha value is -1.94. The second-order valence-corrected chi connectivity index (χ2v) is 7.88. The van der Waals surface area contributed by atoms with Crippen molar-refractivity contribution >= 4 is 21.4 Å². The molecule has 0 bridgehead atoms. The molecule has 0 aliphatic carbocycles. The Bertz CT molecular complexity index is 906. The average molecular weight is 368 g/mol. The standard InChI is InChI=1S/C15H16N2O5S2/c1-9-15(10(2)22-17-9)24(19,20)16-7-12(18)14-6-11(8-23-14)13-4-3-5-21-13/h3-6,8,12,16,18H,7H2,1-2H3. The highest BCUT2D eigenvalue weighted by molar-refractivity contribution is 7.89. The summed E-state index contributed by atoms with van der Waals surface area (Å²) >= 11 is 1.33. The summed E-state index contributed by atoms with van der Waals surface area (Å²) in [6.07, 6.45) is 0.606. The maximum atomic E-state index is 12.3. The van der Waals surface area contributed by atoms with Crippen molar-refractivity contribution in [1.82, 2.24) is 9.88 Å². The Labute approximate surface area is 143 Å². The molecule has 0 amide bonds. The minimum atomic E-state index is -3.80. The lowest BCUT2D eigenvalue weighted by atomic mass is 10.2. The third kappa shape index (κ3) is 3.29. The molecule has 0 aliphatic heterocycles. The predicted molar refractivity (Wildman–Crippen MR) is 88.1 cm³/mol. The van der Waals surface area contributed by atoms with Crippen molar-refractivity contribution in [2.75, 3.05) is 6.54 Å². The topological polar surface area (TPSA) is 106 Å². The highest BCUT2D eigenvalue weighted by atomic mass is 32.2. The number of aliphatic hydroxyl groups excluding tert-OH is 1. The summed E-state index contributed by atoms with van der Waals surface area (Å²) in [5, 5.41) is 15.7. The predicted octanol–water partition coefficient (Wildman–Crippen LogP) is 2.62. The Kier molecular flexibility index (Phi) is 4.59. The number of furan rings is 1. The van der Waals surface area contributed by atoms with Crippen LogP contribution in [-0.2, 0) is 10.0 Å². The maximum absolute atomic E-state index is 12.3. The van der Waals surface area contributed by atoms with Crippen molar-refractivity contribution < 1.29 is 22.5 Å². The minimum Gasteiger partial charge on any atom is -0.464 e. The van der Waals surface area contributed by atoms with Crippen LogP contribution in [0.3, 0.4) is 0 Å². The zero-order valence-electron chi connectivity index (χ0n) is 13.0. The Balaban J connectivity index is 1.71. The quantitative estimate of drug-likeness (QED) is 0.693. The molecule has 0 radical (unpaired) electrons. The number of aliphatic hydroxyl groups is 1. The Morgan fingerprint density at radius 3 is 2.83 bits per heavy atom. The van der Waals surface area contributed by atoms with Crippen LogP contribution in [0.4, 0.5) is 0 Å². The van der Waals surface area contributed by atoms with Crippen LogP contribution in [0.5, 0.6) is 0 Å². The molecule has 0 spiro atoms. The molecule has 0 saturated heterocycles. The lowest BCUT2D eigenvalue weighted by Gasteiger charge is -2.10. The largest absolute Gasteiger partial charge is 0.464 e. The van der Waals surface area contributed by atoms with E-state index < -0.39 is 16.1 Å². The average Bonchev–Trinajstić information content (AvgIpc) is 3.24. The molecule has 1 atom stereocenters. The number of aromatic nitrogens is 1. The minimum absolute atomic E-state index is 0.0113. The van der Waals surface area contributed by atoms with Crippen molar-refractivity contribution in [3.63, 3.8) is 0 Å². The van der Waals surface area contributed by atoms with Crippen LogP contribution < -0.4 is 4.72 Å². The molecule has 9 heteroatoms. The van der Waals surface area contributed by atoms with Gasteiger partial charge in [0.15, 0.2) is 5.76 Å². The molecule has 0 aliphatic rings. The highest BCUT2D eigenvalue weighted by Gasteiger charge is 2.25. The zero-order valence-corrected chi connectivity index (χ0v) is 14.6. The van der Waals surface area contributed by atoms with Crippen LogP contribution in [0.2, 0.25) is 0 Å². The van der Waals surface area contributed by atoms with E-state index in [1.165, 1.54) is 18.3 Å². The number of hydrogen-bond donors (Lipinski definition) is 2. The fourth-order valence-corrected chi connectivity index (χ4v) is 4.57. The summed E-state index contributed by atoms with van der Waals surface area (Å²) in [7, 11) is -3.80. The van der Waals surface area contributed by atoms with Crippen LogP contribution in [0.25, 0.3) is 11.3 Å². The zero-order chi connectivity index (χ0) is 17.3. The summed E-state index contributed by atoms with van der Waals surface area (Å²) in [6.45, 7) is 2.93. The Morgan fingerprint density at radius 2 is 2.21 bits per heavy atom. The molecule has 24 heavy (non-hydrogen) atoms. The molecule has 0 saturated carbocycles. The molecule has 3 aromatic heterocycles. The van der Waals surface area contributed by atoms with E-state index in [2.05, 4.69) is 9.88 Å². The van der Waals surface area contributed by atoms with Crippen LogP contribution in [0.1, 0.15) is 22.4 Å². The fourth-order valence-electron chi connectivity index (χ4n) is 2.32. The molecule has 0 aromatic carbocycles. The molecule has 3 heterocycles. The van der Waals surface area contributed by atoms with E-state index in [4.69, 9.17) is 8.94 Å². The van der Waals surface area contributed by atoms with Crippen LogP contribution in [0, 0.1) is 13.8 Å².